The first-order chi connectivity index (χ1) is 9.49. The van der Waals surface area contributed by atoms with Gasteiger partial charge >= 0.3 is 0 Å². The number of nitrogens with zero attached hydrogens (tertiary/aromatic N) is 1. The van der Waals surface area contributed by atoms with Crippen LogP contribution < -0.4 is 5.32 Å². The van der Waals surface area contributed by atoms with E-state index in [1.807, 2.05) is 12.3 Å². The SMILES string of the molecule is C=C1N[C@H](Cc2c[nH]c3c(Cl)c(Cl)ccc23)C(=O)N1C. The molecule has 20 heavy (non-hydrogen) atoms. The number of benzene rings is 1. The zero-order valence-corrected chi connectivity index (χ0v) is 12.3. The van der Waals surface area contributed by atoms with Crippen LogP contribution in [0.1, 0.15) is 5.56 Å². The number of aromatic amines is 1. The van der Waals surface area contributed by atoms with Crippen LogP contribution in [-0.2, 0) is 11.2 Å². The third kappa shape index (κ3) is 1.96. The van der Waals surface area contributed by atoms with E-state index >= 15 is 0 Å². The molecule has 2 heterocycles. The first-order valence-electron chi connectivity index (χ1n) is 6.16. The molecule has 0 saturated carbocycles. The summed E-state index contributed by atoms with van der Waals surface area (Å²) in [6.45, 7) is 3.80. The highest BCUT2D eigenvalue weighted by atomic mass is 35.5. The molecule has 0 aliphatic carbocycles. The number of carbonyl (C=O) groups excluding carboxylic acids is 1. The number of amides is 1. The number of carbonyl (C=O) groups is 1. The standard InChI is InChI=1S/C14H13Cl2N3O/c1-7-18-11(14(20)19(7)2)5-8-6-17-13-9(8)3-4-10(15)12(13)16/h3-4,6,11,17-18H,1,5H2,2H3/t11-/m1/s1. The highest BCUT2D eigenvalue weighted by molar-refractivity contribution is 6.45. The maximum absolute atomic E-state index is 12.0. The lowest BCUT2D eigenvalue weighted by Crippen LogP contribution is -2.30. The molecule has 0 bridgehead atoms. The minimum absolute atomic E-state index is 0.0180. The molecule has 2 aromatic rings. The molecule has 1 saturated heterocycles. The number of fused-ring (bicyclic) bond motifs is 1. The fourth-order valence-electron chi connectivity index (χ4n) is 2.45. The zero-order chi connectivity index (χ0) is 14.4. The quantitative estimate of drug-likeness (QED) is 0.896. The number of aromatic nitrogens is 1. The summed E-state index contributed by atoms with van der Waals surface area (Å²) in [7, 11) is 1.71. The van der Waals surface area contributed by atoms with Gasteiger partial charge in [0.25, 0.3) is 5.91 Å². The van der Waals surface area contributed by atoms with Crippen LogP contribution in [0.3, 0.4) is 0 Å². The van der Waals surface area contributed by atoms with E-state index < -0.39 is 0 Å². The van der Waals surface area contributed by atoms with Crippen molar-refractivity contribution in [1.82, 2.24) is 15.2 Å². The first-order valence-corrected chi connectivity index (χ1v) is 6.91. The second-order valence-electron chi connectivity index (χ2n) is 4.84. The van der Waals surface area contributed by atoms with Gasteiger partial charge in [0, 0.05) is 25.1 Å². The summed E-state index contributed by atoms with van der Waals surface area (Å²) in [4.78, 5) is 16.7. The van der Waals surface area contributed by atoms with Crippen LogP contribution in [0.2, 0.25) is 10.0 Å². The Bertz CT molecular complexity index is 723. The van der Waals surface area contributed by atoms with Gasteiger partial charge in [-0.1, -0.05) is 35.8 Å². The highest BCUT2D eigenvalue weighted by Crippen LogP contribution is 2.32. The van der Waals surface area contributed by atoms with E-state index in [0.717, 1.165) is 16.5 Å². The maximum atomic E-state index is 12.0. The lowest BCUT2D eigenvalue weighted by atomic mass is 10.1. The highest BCUT2D eigenvalue weighted by Gasteiger charge is 2.31. The third-order valence-corrected chi connectivity index (χ3v) is 4.43. The molecule has 0 unspecified atom stereocenters. The average Bonchev–Trinajstić information content (AvgIpc) is 2.93. The third-order valence-electron chi connectivity index (χ3n) is 3.63. The molecule has 1 atom stereocenters. The van der Waals surface area contributed by atoms with Crippen LogP contribution in [0.4, 0.5) is 0 Å². The Morgan fingerprint density at radius 2 is 2.15 bits per heavy atom. The minimum Gasteiger partial charge on any atom is -0.360 e. The fourth-order valence-corrected chi connectivity index (χ4v) is 2.83. The van der Waals surface area contributed by atoms with Crippen LogP contribution in [0.5, 0.6) is 0 Å². The van der Waals surface area contributed by atoms with Crippen molar-refractivity contribution in [2.75, 3.05) is 7.05 Å². The smallest absolute Gasteiger partial charge is 0.250 e. The average molecular weight is 310 g/mol. The van der Waals surface area contributed by atoms with Crippen molar-refractivity contribution in [2.45, 2.75) is 12.5 Å². The Balaban J connectivity index is 1.95. The van der Waals surface area contributed by atoms with E-state index in [0.29, 0.717) is 22.3 Å². The summed E-state index contributed by atoms with van der Waals surface area (Å²) < 4.78 is 0. The van der Waals surface area contributed by atoms with Gasteiger partial charge in [0.15, 0.2) is 0 Å². The van der Waals surface area contributed by atoms with Crippen LogP contribution in [-0.4, -0.2) is 28.9 Å². The maximum Gasteiger partial charge on any atom is 0.250 e. The van der Waals surface area contributed by atoms with Gasteiger partial charge in [-0.3, -0.25) is 4.79 Å². The predicted octanol–water partition coefficient (Wildman–Crippen LogP) is 2.92. The van der Waals surface area contributed by atoms with Gasteiger partial charge in [-0.25, -0.2) is 0 Å². The summed E-state index contributed by atoms with van der Waals surface area (Å²) in [6, 6.07) is 3.38. The summed E-state index contributed by atoms with van der Waals surface area (Å²) in [5.74, 6) is 0.644. The van der Waals surface area contributed by atoms with Crippen LogP contribution in [0, 0.1) is 0 Å². The molecule has 6 heteroatoms. The zero-order valence-electron chi connectivity index (χ0n) is 10.8. The van der Waals surface area contributed by atoms with E-state index in [2.05, 4.69) is 16.9 Å². The second-order valence-corrected chi connectivity index (χ2v) is 5.63. The molecule has 0 spiro atoms. The minimum atomic E-state index is -0.291. The van der Waals surface area contributed by atoms with E-state index in [4.69, 9.17) is 23.2 Å². The van der Waals surface area contributed by atoms with Crippen LogP contribution in [0.25, 0.3) is 10.9 Å². The van der Waals surface area contributed by atoms with Gasteiger partial charge in [-0.2, -0.15) is 0 Å². The van der Waals surface area contributed by atoms with Gasteiger partial charge in [0.2, 0.25) is 0 Å². The van der Waals surface area contributed by atoms with E-state index in [-0.39, 0.29) is 11.9 Å². The Labute approximate surface area is 126 Å². The second kappa shape index (κ2) is 4.72. The Morgan fingerprint density at radius 3 is 2.80 bits per heavy atom. The van der Waals surface area contributed by atoms with Crippen molar-refractivity contribution in [2.24, 2.45) is 0 Å². The molecule has 104 valence electrons. The first kappa shape index (κ1) is 13.3. The molecule has 1 aliphatic rings. The van der Waals surface area contributed by atoms with Crippen molar-refractivity contribution >= 4 is 40.0 Å². The molecule has 1 amide bonds. The van der Waals surface area contributed by atoms with Crippen molar-refractivity contribution in [3.05, 3.63) is 46.3 Å². The topological polar surface area (TPSA) is 48.1 Å². The largest absolute Gasteiger partial charge is 0.360 e. The summed E-state index contributed by atoms with van der Waals surface area (Å²) in [5.41, 5.74) is 1.82. The number of likely N-dealkylation sites (N-methyl/N-ethyl adjacent to an activating group) is 1. The molecule has 1 fully saturated rings. The molecule has 3 rings (SSSR count). The lowest BCUT2D eigenvalue weighted by molar-refractivity contribution is -0.127. The van der Waals surface area contributed by atoms with Gasteiger partial charge < -0.3 is 15.2 Å². The Kier molecular flexibility index (Phi) is 3.15. The number of hydrogen-bond acceptors (Lipinski definition) is 2. The molecule has 1 aromatic heterocycles. The van der Waals surface area contributed by atoms with Crippen molar-refractivity contribution in [3.8, 4) is 0 Å². The Morgan fingerprint density at radius 1 is 1.40 bits per heavy atom. The predicted molar refractivity (Wildman–Crippen MR) is 80.9 cm³/mol. The van der Waals surface area contributed by atoms with Gasteiger partial charge in [-0.05, 0) is 11.6 Å². The fraction of sp³-hybridized carbons (Fsp3) is 0.214. The monoisotopic (exact) mass is 309 g/mol. The van der Waals surface area contributed by atoms with Crippen molar-refractivity contribution < 1.29 is 4.79 Å². The molecule has 4 nitrogen and oxygen atoms in total. The molecule has 1 aromatic carbocycles. The van der Waals surface area contributed by atoms with Crippen LogP contribution >= 0.6 is 23.2 Å². The van der Waals surface area contributed by atoms with Gasteiger partial charge in [0.05, 0.1) is 15.6 Å². The number of H-pyrrole nitrogens is 1. The molecular formula is C14H13Cl2N3O. The summed E-state index contributed by atoms with van der Waals surface area (Å²) >= 11 is 12.2. The lowest BCUT2D eigenvalue weighted by Gasteiger charge is -2.08. The summed E-state index contributed by atoms with van der Waals surface area (Å²) in [6.07, 6.45) is 2.43. The van der Waals surface area contributed by atoms with Gasteiger partial charge in [0.1, 0.15) is 11.9 Å². The normalized spacial score (nSPS) is 18.9. The number of nitrogens with one attached hydrogen (secondary N) is 2. The molecule has 0 radical (unpaired) electrons. The van der Waals surface area contributed by atoms with Crippen LogP contribution in [0.15, 0.2) is 30.7 Å². The van der Waals surface area contributed by atoms with E-state index in [1.54, 1.807) is 13.1 Å². The molecular weight excluding hydrogens is 297 g/mol. The number of halogens is 2. The van der Waals surface area contributed by atoms with Gasteiger partial charge in [-0.15, -0.1) is 0 Å². The van der Waals surface area contributed by atoms with Crippen molar-refractivity contribution in [1.29, 1.82) is 0 Å². The number of rotatable bonds is 2. The van der Waals surface area contributed by atoms with Crippen molar-refractivity contribution in [3.63, 3.8) is 0 Å². The van der Waals surface area contributed by atoms with E-state index in [1.165, 1.54) is 4.90 Å². The van der Waals surface area contributed by atoms with E-state index in [9.17, 15) is 4.79 Å². The summed E-state index contributed by atoms with van der Waals surface area (Å²) in [5, 5.41) is 5.08. The number of hydrogen-bond donors (Lipinski definition) is 2. The molecule has 1 aliphatic heterocycles. The Hall–Kier alpha value is -1.65. The molecule has 2 N–H and O–H groups in total.